The Morgan fingerprint density at radius 2 is 2.05 bits per heavy atom. The average molecular weight is 261 g/mol. The summed E-state index contributed by atoms with van der Waals surface area (Å²) in [4.78, 5) is 0. The minimum Gasteiger partial charge on any atom is -0.497 e. The van der Waals surface area contributed by atoms with Gasteiger partial charge in [0.05, 0.1) is 26.9 Å². The molecule has 2 aromatic rings. The van der Waals surface area contributed by atoms with E-state index in [2.05, 4.69) is 0 Å². The Morgan fingerprint density at radius 1 is 1.21 bits per heavy atom. The fourth-order valence-electron chi connectivity index (χ4n) is 1.87. The van der Waals surface area contributed by atoms with Crippen LogP contribution in [0.4, 0.5) is 0 Å². The molecule has 0 aliphatic heterocycles. The Labute approximate surface area is 113 Å². The molecule has 0 fully saturated rings. The van der Waals surface area contributed by atoms with Crippen LogP contribution in [-0.4, -0.2) is 7.11 Å². The normalized spacial score (nSPS) is 10.7. The summed E-state index contributed by atoms with van der Waals surface area (Å²) < 4.78 is 16.3. The summed E-state index contributed by atoms with van der Waals surface area (Å²) in [5, 5.41) is 0. The predicted molar refractivity (Wildman–Crippen MR) is 72.8 cm³/mol. The Balaban J connectivity index is 1.90. The third-order valence-corrected chi connectivity index (χ3v) is 2.93. The molecule has 2 N–H and O–H groups in total. The molecule has 0 saturated carbocycles. The van der Waals surface area contributed by atoms with Gasteiger partial charge >= 0.3 is 0 Å². The van der Waals surface area contributed by atoms with E-state index in [-0.39, 0.29) is 0 Å². The summed E-state index contributed by atoms with van der Waals surface area (Å²) in [5.74, 6) is 2.49. The fraction of sp³-hybridized carbons (Fsp3) is 0.333. The molecular weight excluding hydrogens is 242 g/mol. The molecule has 0 amide bonds. The van der Waals surface area contributed by atoms with Crippen LogP contribution in [0.1, 0.15) is 22.6 Å². The second-order valence-electron chi connectivity index (χ2n) is 4.34. The van der Waals surface area contributed by atoms with E-state index in [1.165, 1.54) is 0 Å². The van der Waals surface area contributed by atoms with E-state index < -0.39 is 0 Å². The lowest BCUT2D eigenvalue weighted by atomic mass is 10.2. The van der Waals surface area contributed by atoms with Crippen LogP contribution in [0.5, 0.6) is 5.75 Å². The van der Waals surface area contributed by atoms with Crippen molar-refractivity contribution in [3.8, 4) is 5.75 Å². The third kappa shape index (κ3) is 3.59. The number of hydrogen-bond donors (Lipinski definition) is 1. The van der Waals surface area contributed by atoms with Crippen LogP contribution in [0.3, 0.4) is 0 Å². The number of benzene rings is 1. The van der Waals surface area contributed by atoms with Gasteiger partial charge in [-0.3, -0.25) is 0 Å². The highest BCUT2D eigenvalue weighted by Crippen LogP contribution is 2.17. The molecule has 1 aromatic carbocycles. The van der Waals surface area contributed by atoms with Gasteiger partial charge in [0.1, 0.15) is 17.3 Å². The smallest absolute Gasteiger partial charge is 0.119 e. The molecular formula is C15H19NO3. The van der Waals surface area contributed by atoms with Crippen LogP contribution in [0.25, 0.3) is 0 Å². The molecule has 0 atom stereocenters. The standard InChI is InChI=1S/C15H19NO3/c1-11-13(7-15(8-16)19-11)10-18-9-12-4-3-5-14(6-12)17-2/h3-7H,8-10,16H2,1-2H3. The largest absolute Gasteiger partial charge is 0.497 e. The summed E-state index contributed by atoms with van der Waals surface area (Å²) in [5.41, 5.74) is 7.66. The minimum atomic E-state index is 0.413. The number of methoxy groups -OCH3 is 1. The highest BCUT2D eigenvalue weighted by atomic mass is 16.5. The van der Waals surface area contributed by atoms with Gasteiger partial charge in [-0.05, 0) is 30.7 Å². The van der Waals surface area contributed by atoms with Crippen molar-refractivity contribution in [1.82, 2.24) is 0 Å². The van der Waals surface area contributed by atoms with E-state index >= 15 is 0 Å². The predicted octanol–water partition coefficient (Wildman–Crippen LogP) is 2.77. The molecule has 0 spiro atoms. The van der Waals surface area contributed by atoms with Crippen molar-refractivity contribution in [1.29, 1.82) is 0 Å². The van der Waals surface area contributed by atoms with Gasteiger partial charge in [-0.15, -0.1) is 0 Å². The van der Waals surface area contributed by atoms with Crippen molar-refractivity contribution in [2.45, 2.75) is 26.7 Å². The van der Waals surface area contributed by atoms with Gasteiger partial charge in [0.15, 0.2) is 0 Å². The Morgan fingerprint density at radius 3 is 2.74 bits per heavy atom. The maximum absolute atomic E-state index is 5.69. The van der Waals surface area contributed by atoms with Crippen molar-refractivity contribution in [2.24, 2.45) is 5.73 Å². The Hall–Kier alpha value is -1.78. The van der Waals surface area contributed by atoms with Gasteiger partial charge in [0, 0.05) is 5.56 Å². The molecule has 0 aliphatic carbocycles. The zero-order valence-corrected chi connectivity index (χ0v) is 11.3. The first-order chi connectivity index (χ1) is 9.22. The molecule has 1 heterocycles. The second-order valence-corrected chi connectivity index (χ2v) is 4.34. The van der Waals surface area contributed by atoms with E-state index in [4.69, 9.17) is 19.6 Å². The van der Waals surface area contributed by atoms with Crippen LogP contribution >= 0.6 is 0 Å². The molecule has 0 bridgehead atoms. The number of rotatable bonds is 6. The van der Waals surface area contributed by atoms with Gasteiger partial charge in [0.2, 0.25) is 0 Å². The SMILES string of the molecule is COc1cccc(COCc2cc(CN)oc2C)c1. The third-order valence-electron chi connectivity index (χ3n) is 2.93. The van der Waals surface area contributed by atoms with E-state index in [1.54, 1.807) is 7.11 Å². The first-order valence-electron chi connectivity index (χ1n) is 6.22. The van der Waals surface area contributed by atoms with Crippen molar-refractivity contribution in [2.75, 3.05) is 7.11 Å². The van der Waals surface area contributed by atoms with Crippen molar-refractivity contribution in [3.05, 3.63) is 53.0 Å². The van der Waals surface area contributed by atoms with Crippen LogP contribution in [0, 0.1) is 6.92 Å². The van der Waals surface area contributed by atoms with Crippen LogP contribution < -0.4 is 10.5 Å². The summed E-state index contributed by atoms with van der Waals surface area (Å²) in [7, 11) is 1.66. The molecule has 19 heavy (non-hydrogen) atoms. The second kappa shape index (κ2) is 6.41. The number of nitrogens with two attached hydrogens (primary N) is 1. The zero-order valence-electron chi connectivity index (χ0n) is 11.3. The summed E-state index contributed by atoms with van der Waals surface area (Å²) in [6, 6.07) is 9.79. The van der Waals surface area contributed by atoms with E-state index in [0.29, 0.717) is 19.8 Å². The summed E-state index contributed by atoms with van der Waals surface area (Å²) in [6.45, 7) is 3.40. The molecule has 1 aromatic heterocycles. The van der Waals surface area contributed by atoms with Gasteiger partial charge in [-0.2, -0.15) is 0 Å². The highest BCUT2D eigenvalue weighted by molar-refractivity contribution is 5.28. The monoisotopic (exact) mass is 261 g/mol. The molecule has 4 nitrogen and oxygen atoms in total. The lowest BCUT2D eigenvalue weighted by Gasteiger charge is -2.05. The Kier molecular flexibility index (Phi) is 4.60. The number of ether oxygens (including phenoxy) is 2. The van der Waals surface area contributed by atoms with Crippen LogP contribution in [0.15, 0.2) is 34.7 Å². The molecule has 0 saturated heterocycles. The lowest BCUT2D eigenvalue weighted by Crippen LogP contribution is -1.95. The van der Waals surface area contributed by atoms with E-state index in [9.17, 15) is 0 Å². The molecule has 0 unspecified atom stereocenters. The van der Waals surface area contributed by atoms with E-state index in [0.717, 1.165) is 28.4 Å². The molecule has 2 rings (SSSR count). The number of furan rings is 1. The van der Waals surface area contributed by atoms with Crippen LogP contribution in [-0.2, 0) is 24.5 Å². The summed E-state index contributed by atoms with van der Waals surface area (Å²) in [6.07, 6.45) is 0. The first kappa shape index (κ1) is 13.6. The quantitative estimate of drug-likeness (QED) is 0.868. The topological polar surface area (TPSA) is 57.6 Å². The number of hydrogen-bond acceptors (Lipinski definition) is 4. The van der Waals surface area contributed by atoms with Crippen molar-refractivity contribution < 1.29 is 13.9 Å². The molecule has 4 heteroatoms. The maximum Gasteiger partial charge on any atom is 0.119 e. The molecule has 0 radical (unpaired) electrons. The zero-order chi connectivity index (χ0) is 13.7. The fourth-order valence-corrected chi connectivity index (χ4v) is 1.87. The highest BCUT2D eigenvalue weighted by Gasteiger charge is 2.06. The van der Waals surface area contributed by atoms with Crippen molar-refractivity contribution in [3.63, 3.8) is 0 Å². The number of aryl methyl sites for hydroxylation is 1. The van der Waals surface area contributed by atoms with E-state index in [1.807, 2.05) is 37.3 Å². The van der Waals surface area contributed by atoms with Gasteiger partial charge in [-0.25, -0.2) is 0 Å². The van der Waals surface area contributed by atoms with Gasteiger partial charge in [-0.1, -0.05) is 12.1 Å². The molecule has 0 aliphatic rings. The summed E-state index contributed by atoms with van der Waals surface area (Å²) >= 11 is 0. The van der Waals surface area contributed by atoms with Crippen LogP contribution in [0.2, 0.25) is 0 Å². The lowest BCUT2D eigenvalue weighted by molar-refractivity contribution is 0.106. The average Bonchev–Trinajstić information content (AvgIpc) is 2.80. The van der Waals surface area contributed by atoms with Gasteiger partial charge < -0.3 is 19.6 Å². The molecule has 102 valence electrons. The van der Waals surface area contributed by atoms with Gasteiger partial charge in [0.25, 0.3) is 0 Å². The van der Waals surface area contributed by atoms with Crippen molar-refractivity contribution >= 4 is 0 Å². The Bertz CT molecular complexity index is 534. The minimum absolute atomic E-state index is 0.413. The first-order valence-corrected chi connectivity index (χ1v) is 6.22. The maximum atomic E-state index is 5.69.